The van der Waals surface area contributed by atoms with E-state index in [4.69, 9.17) is 4.74 Å². The molecule has 0 aromatic rings. The summed E-state index contributed by atoms with van der Waals surface area (Å²) in [5, 5.41) is 3.25. The van der Waals surface area contributed by atoms with Gasteiger partial charge in [-0.2, -0.15) is 0 Å². The summed E-state index contributed by atoms with van der Waals surface area (Å²) < 4.78 is 5.33. The lowest BCUT2D eigenvalue weighted by Crippen LogP contribution is -2.50. The molecule has 1 amide bonds. The van der Waals surface area contributed by atoms with Gasteiger partial charge in [-0.25, -0.2) is 0 Å². The van der Waals surface area contributed by atoms with Crippen LogP contribution in [0.15, 0.2) is 0 Å². The molecule has 0 saturated carbocycles. The zero-order chi connectivity index (χ0) is 11.4. The van der Waals surface area contributed by atoms with E-state index in [0.717, 1.165) is 45.8 Å². The first kappa shape index (κ1) is 11.8. The predicted octanol–water partition coefficient (Wildman–Crippen LogP) is -0.861. The maximum absolute atomic E-state index is 12.0. The van der Waals surface area contributed by atoms with E-state index < -0.39 is 0 Å². The van der Waals surface area contributed by atoms with Gasteiger partial charge in [-0.15, -0.1) is 0 Å². The smallest absolute Gasteiger partial charge is 0.236 e. The molecule has 0 aliphatic carbocycles. The van der Waals surface area contributed by atoms with Crippen LogP contribution < -0.4 is 5.32 Å². The molecular formula is C11H21N3O2. The van der Waals surface area contributed by atoms with E-state index in [1.54, 1.807) is 0 Å². The van der Waals surface area contributed by atoms with E-state index in [1.165, 1.54) is 0 Å². The summed E-state index contributed by atoms with van der Waals surface area (Å²) in [6.45, 7) is 5.64. The van der Waals surface area contributed by atoms with E-state index in [-0.39, 0.29) is 5.91 Å². The Labute approximate surface area is 96.7 Å². The van der Waals surface area contributed by atoms with Gasteiger partial charge in [0.15, 0.2) is 0 Å². The van der Waals surface area contributed by atoms with Crippen molar-refractivity contribution in [2.24, 2.45) is 0 Å². The number of nitrogens with one attached hydrogen (secondary N) is 1. The molecule has 16 heavy (non-hydrogen) atoms. The molecule has 0 aromatic carbocycles. The Morgan fingerprint density at radius 3 is 2.88 bits per heavy atom. The Balaban J connectivity index is 1.76. The van der Waals surface area contributed by atoms with Crippen LogP contribution in [0.3, 0.4) is 0 Å². The average molecular weight is 227 g/mol. The Hall–Kier alpha value is -0.650. The number of nitrogens with zero attached hydrogens (tertiary/aromatic N) is 2. The first-order chi connectivity index (χ1) is 7.77. The monoisotopic (exact) mass is 227 g/mol. The molecule has 5 nitrogen and oxygen atoms in total. The molecule has 92 valence electrons. The summed E-state index contributed by atoms with van der Waals surface area (Å²) >= 11 is 0. The van der Waals surface area contributed by atoms with Crippen LogP contribution in [-0.4, -0.2) is 74.7 Å². The molecule has 0 bridgehead atoms. The van der Waals surface area contributed by atoms with E-state index in [9.17, 15) is 4.79 Å². The zero-order valence-corrected chi connectivity index (χ0v) is 9.95. The predicted molar refractivity (Wildman–Crippen MR) is 61.3 cm³/mol. The zero-order valence-electron chi connectivity index (χ0n) is 9.95. The lowest BCUT2D eigenvalue weighted by Gasteiger charge is -2.30. The third-order valence-electron chi connectivity index (χ3n) is 3.38. The second kappa shape index (κ2) is 5.61. The van der Waals surface area contributed by atoms with E-state index in [1.807, 2.05) is 11.9 Å². The Bertz CT molecular complexity index is 235. The summed E-state index contributed by atoms with van der Waals surface area (Å²) in [7, 11) is 2.01. The Morgan fingerprint density at radius 1 is 1.50 bits per heavy atom. The van der Waals surface area contributed by atoms with E-state index in [2.05, 4.69) is 10.2 Å². The molecule has 2 aliphatic rings. The fourth-order valence-electron chi connectivity index (χ4n) is 2.23. The van der Waals surface area contributed by atoms with Crippen molar-refractivity contribution in [3.63, 3.8) is 0 Å². The first-order valence-corrected chi connectivity index (χ1v) is 6.04. The van der Waals surface area contributed by atoms with Crippen LogP contribution in [0.5, 0.6) is 0 Å². The van der Waals surface area contributed by atoms with Gasteiger partial charge < -0.3 is 15.0 Å². The SMILES string of the molecule is CN(CC(=O)N1CCNCC1)C1CCOC1. The molecule has 5 heteroatoms. The summed E-state index contributed by atoms with van der Waals surface area (Å²) in [4.78, 5) is 16.1. The number of hydrogen-bond donors (Lipinski definition) is 1. The normalized spacial score (nSPS) is 26.4. The Kier molecular flexibility index (Phi) is 4.15. The van der Waals surface area contributed by atoms with Crippen LogP contribution in [0.25, 0.3) is 0 Å². The van der Waals surface area contributed by atoms with Crippen LogP contribution in [0.4, 0.5) is 0 Å². The van der Waals surface area contributed by atoms with Crippen molar-refractivity contribution in [2.75, 3.05) is 53.0 Å². The van der Waals surface area contributed by atoms with Crippen LogP contribution in [0, 0.1) is 0 Å². The van der Waals surface area contributed by atoms with Crippen molar-refractivity contribution in [3.8, 4) is 0 Å². The minimum absolute atomic E-state index is 0.246. The number of carbonyl (C=O) groups excluding carboxylic acids is 1. The van der Waals surface area contributed by atoms with Gasteiger partial charge in [-0.1, -0.05) is 0 Å². The molecule has 2 heterocycles. The third kappa shape index (κ3) is 2.93. The van der Waals surface area contributed by atoms with Crippen molar-refractivity contribution in [2.45, 2.75) is 12.5 Å². The molecule has 0 radical (unpaired) electrons. The Morgan fingerprint density at radius 2 is 2.25 bits per heavy atom. The maximum atomic E-state index is 12.0. The molecule has 0 aromatic heterocycles. The molecular weight excluding hydrogens is 206 g/mol. The highest BCUT2D eigenvalue weighted by molar-refractivity contribution is 5.78. The molecule has 2 aliphatic heterocycles. The number of carbonyl (C=O) groups is 1. The molecule has 1 unspecified atom stereocenters. The summed E-state index contributed by atoms with van der Waals surface area (Å²) in [6.07, 6.45) is 1.05. The molecule has 2 saturated heterocycles. The van der Waals surface area contributed by atoms with Crippen molar-refractivity contribution >= 4 is 5.91 Å². The van der Waals surface area contributed by atoms with Gasteiger partial charge in [0.25, 0.3) is 0 Å². The second-order valence-electron chi connectivity index (χ2n) is 4.56. The third-order valence-corrected chi connectivity index (χ3v) is 3.38. The molecule has 1 N–H and O–H groups in total. The van der Waals surface area contributed by atoms with Crippen LogP contribution in [0.2, 0.25) is 0 Å². The fourth-order valence-corrected chi connectivity index (χ4v) is 2.23. The van der Waals surface area contributed by atoms with Gasteiger partial charge in [-0.05, 0) is 13.5 Å². The average Bonchev–Trinajstić information content (AvgIpc) is 2.83. The van der Waals surface area contributed by atoms with Gasteiger partial charge in [-0.3, -0.25) is 9.69 Å². The minimum atomic E-state index is 0.246. The molecule has 0 spiro atoms. The second-order valence-corrected chi connectivity index (χ2v) is 4.56. The molecule has 2 fully saturated rings. The largest absolute Gasteiger partial charge is 0.380 e. The van der Waals surface area contributed by atoms with Crippen molar-refractivity contribution in [3.05, 3.63) is 0 Å². The number of hydrogen-bond acceptors (Lipinski definition) is 4. The van der Waals surface area contributed by atoms with Crippen molar-refractivity contribution in [1.82, 2.24) is 15.1 Å². The van der Waals surface area contributed by atoms with Gasteiger partial charge in [0.05, 0.1) is 13.2 Å². The highest BCUT2D eigenvalue weighted by Gasteiger charge is 2.24. The standard InChI is InChI=1S/C11H21N3O2/c1-13(10-2-7-16-9-10)8-11(15)14-5-3-12-4-6-14/h10,12H,2-9H2,1H3. The lowest BCUT2D eigenvalue weighted by molar-refractivity contribution is -0.133. The lowest BCUT2D eigenvalue weighted by atomic mass is 10.2. The van der Waals surface area contributed by atoms with Crippen LogP contribution in [0.1, 0.15) is 6.42 Å². The quantitative estimate of drug-likeness (QED) is 0.681. The minimum Gasteiger partial charge on any atom is -0.380 e. The highest BCUT2D eigenvalue weighted by atomic mass is 16.5. The van der Waals surface area contributed by atoms with Crippen molar-refractivity contribution in [1.29, 1.82) is 0 Å². The first-order valence-electron chi connectivity index (χ1n) is 6.04. The van der Waals surface area contributed by atoms with Crippen molar-refractivity contribution < 1.29 is 9.53 Å². The van der Waals surface area contributed by atoms with Crippen LogP contribution >= 0.6 is 0 Å². The number of rotatable bonds is 3. The van der Waals surface area contributed by atoms with Gasteiger partial charge in [0, 0.05) is 38.8 Å². The number of piperazine rings is 1. The van der Waals surface area contributed by atoms with E-state index >= 15 is 0 Å². The van der Waals surface area contributed by atoms with Gasteiger partial charge in [0.1, 0.15) is 0 Å². The van der Waals surface area contributed by atoms with Gasteiger partial charge >= 0.3 is 0 Å². The highest BCUT2D eigenvalue weighted by Crippen LogP contribution is 2.10. The molecule has 1 atom stereocenters. The number of likely N-dealkylation sites (N-methyl/N-ethyl adjacent to an activating group) is 1. The maximum Gasteiger partial charge on any atom is 0.236 e. The summed E-state index contributed by atoms with van der Waals surface area (Å²) in [6, 6.07) is 0.423. The fraction of sp³-hybridized carbons (Fsp3) is 0.909. The topological polar surface area (TPSA) is 44.8 Å². The van der Waals surface area contributed by atoms with E-state index in [0.29, 0.717) is 12.6 Å². The van der Waals surface area contributed by atoms with Crippen LogP contribution in [-0.2, 0) is 9.53 Å². The van der Waals surface area contributed by atoms with Gasteiger partial charge in [0.2, 0.25) is 5.91 Å². The number of amides is 1. The summed E-state index contributed by atoms with van der Waals surface area (Å²) in [5.41, 5.74) is 0. The number of ether oxygens (including phenoxy) is 1. The summed E-state index contributed by atoms with van der Waals surface area (Å²) in [5.74, 6) is 0.246. The molecule has 2 rings (SSSR count).